The van der Waals surface area contributed by atoms with Gasteiger partial charge in [0.25, 0.3) is 0 Å². The summed E-state index contributed by atoms with van der Waals surface area (Å²) in [6, 6.07) is 16.7. The molecule has 0 fully saturated rings. The number of rotatable bonds is 5. The Balaban J connectivity index is 0.00000225. The van der Waals surface area contributed by atoms with Crippen molar-refractivity contribution < 1.29 is 4.42 Å². The lowest BCUT2D eigenvalue weighted by Crippen LogP contribution is -2.36. The van der Waals surface area contributed by atoms with E-state index in [9.17, 15) is 0 Å². The molecule has 0 spiro atoms. The third-order valence-electron chi connectivity index (χ3n) is 4.86. The molecule has 5 nitrogen and oxygen atoms in total. The molecule has 1 aliphatic carbocycles. The fourth-order valence-electron chi connectivity index (χ4n) is 3.42. The second-order valence-corrected chi connectivity index (χ2v) is 6.75. The lowest BCUT2D eigenvalue weighted by molar-refractivity contribution is 0.572. The van der Waals surface area contributed by atoms with Gasteiger partial charge in [-0.05, 0) is 48.1 Å². The van der Waals surface area contributed by atoms with Gasteiger partial charge in [0.1, 0.15) is 6.26 Å². The zero-order chi connectivity index (χ0) is 18.5. The molecule has 146 valence electrons. The highest BCUT2D eigenvalue weighted by atomic mass is 127. The lowest BCUT2D eigenvalue weighted by Gasteiger charge is -2.11. The summed E-state index contributed by atoms with van der Waals surface area (Å²) in [6.45, 7) is 1.31. The van der Waals surface area contributed by atoms with E-state index >= 15 is 0 Å². The van der Waals surface area contributed by atoms with Gasteiger partial charge in [0.05, 0.1) is 12.2 Å². The number of fused-ring (bicyclic) bond motifs is 1. The highest BCUT2D eigenvalue weighted by Gasteiger charge is 2.11. The molecular formula is C22H25IN4O. The predicted octanol–water partition coefficient (Wildman–Crippen LogP) is 4.31. The van der Waals surface area contributed by atoms with E-state index in [1.165, 1.54) is 36.0 Å². The molecule has 0 aliphatic heterocycles. The normalized spacial score (nSPS) is 13.0. The van der Waals surface area contributed by atoms with Crippen LogP contribution in [0.3, 0.4) is 0 Å². The fraction of sp³-hybridized carbons (Fsp3) is 0.273. The van der Waals surface area contributed by atoms with Crippen LogP contribution < -0.4 is 10.6 Å². The van der Waals surface area contributed by atoms with E-state index in [1.54, 1.807) is 13.3 Å². The van der Waals surface area contributed by atoms with E-state index in [1.807, 2.05) is 30.3 Å². The van der Waals surface area contributed by atoms with E-state index in [0.29, 0.717) is 12.4 Å². The average molecular weight is 488 g/mol. The Labute approximate surface area is 182 Å². The summed E-state index contributed by atoms with van der Waals surface area (Å²) in [5.41, 5.74) is 6.10. The molecule has 4 rings (SSSR count). The summed E-state index contributed by atoms with van der Waals surface area (Å²) in [7, 11) is 1.77. The Kier molecular flexibility index (Phi) is 7.08. The smallest absolute Gasteiger partial charge is 0.226 e. The SMILES string of the molecule is CN=C(NCc1ccc2c(c1)CCC2)NCc1coc(-c2ccccc2)n1.I. The van der Waals surface area contributed by atoms with E-state index in [-0.39, 0.29) is 24.0 Å². The summed E-state index contributed by atoms with van der Waals surface area (Å²) in [4.78, 5) is 8.82. The largest absolute Gasteiger partial charge is 0.444 e. The van der Waals surface area contributed by atoms with Gasteiger partial charge in [-0.15, -0.1) is 24.0 Å². The molecule has 2 N–H and O–H groups in total. The molecule has 0 radical (unpaired) electrons. The van der Waals surface area contributed by atoms with E-state index in [4.69, 9.17) is 4.42 Å². The summed E-state index contributed by atoms with van der Waals surface area (Å²) >= 11 is 0. The standard InChI is InChI=1S/C22H24N4O.HI/c1-23-22(24-13-16-10-11-17-8-5-9-19(17)12-16)25-14-20-15-27-21(26-20)18-6-3-2-4-7-18;/h2-4,6-7,10-12,15H,5,8-9,13-14H2,1H3,(H2,23,24,25);1H. The van der Waals surface area contributed by atoms with Crippen LogP contribution >= 0.6 is 24.0 Å². The quantitative estimate of drug-likeness (QED) is 0.319. The van der Waals surface area contributed by atoms with Crippen molar-refractivity contribution in [2.75, 3.05) is 7.05 Å². The fourth-order valence-corrected chi connectivity index (χ4v) is 3.42. The van der Waals surface area contributed by atoms with Crippen molar-refractivity contribution in [1.29, 1.82) is 0 Å². The number of hydrogen-bond donors (Lipinski definition) is 2. The number of nitrogens with zero attached hydrogens (tertiary/aromatic N) is 2. The number of aryl methyl sites for hydroxylation is 2. The molecule has 2 aromatic carbocycles. The molecular weight excluding hydrogens is 463 g/mol. The maximum atomic E-state index is 5.58. The highest BCUT2D eigenvalue weighted by Crippen LogP contribution is 2.22. The van der Waals surface area contributed by atoms with Gasteiger partial charge in [-0.2, -0.15) is 0 Å². The molecule has 0 bridgehead atoms. The van der Waals surface area contributed by atoms with Gasteiger partial charge in [-0.1, -0.05) is 36.4 Å². The number of halogens is 1. The van der Waals surface area contributed by atoms with Crippen LogP contribution in [0.5, 0.6) is 0 Å². The van der Waals surface area contributed by atoms with Crippen molar-refractivity contribution in [2.24, 2.45) is 4.99 Å². The first-order valence-corrected chi connectivity index (χ1v) is 9.37. The monoisotopic (exact) mass is 488 g/mol. The summed E-state index contributed by atoms with van der Waals surface area (Å²) in [5, 5.41) is 6.66. The van der Waals surface area contributed by atoms with Crippen LogP contribution in [0.25, 0.3) is 11.5 Å². The number of benzene rings is 2. The molecule has 3 aromatic rings. The van der Waals surface area contributed by atoms with Crippen molar-refractivity contribution in [3.05, 3.63) is 77.2 Å². The van der Waals surface area contributed by atoms with Crippen LogP contribution in [0.15, 0.2) is 64.2 Å². The van der Waals surface area contributed by atoms with Crippen molar-refractivity contribution in [3.63, 3.8) is 0 Å². The highest BCUT2D eigenvalue weighted by molar-refractivity contribution is 14.0. The van der Waals surface area contributed by atoms with Gasteiger partial charge in [0, 0.05) is 19.2 Å². The molecule has 28 heavy (non-hydrogen) atoms. The van der Waals surface area contributed by atoms with E-state index in [0.717, 1.165) is 23.8 Å². The predicted molar refractivity (Wildman–Crippen MR) is 123 cm³/mol. The van der Waals surface area contributed by atoms with Gasteiger partial charge >= 0.3 is 0 Å². The van der Waals surface area contributed by atoms with Crippen molar-refractivity contribution in [2.45, 2.75) is 32.4 Å². The van der Waals surface area contributed by atoms with Crippen molar-refractivity contribution in [1.82, 2.24) is 15.6 Å². The van der Waals surface area contributed by atoms with Crippen LogP contribution in [0.1, 0.15) is 28.8 Å². The molecule has 0 atom stereocenters. The first-order valence-electron chi connectivity index (χ1n) is 9.37. The number of hydrogen-bond acceptors (Lipinski definition) is 3. The minimum absolute atomic E-state index is 0. The second kappa shape index (κ2) is 9.73. The van der Waals surface area contributed by atoms with E-state index in [2.05, 4.69) is 38.8 Å². The number of aromatic nitrogens is 1. The molecule has 0 saturated heterocycles. The number of aliphatic imine (C=N–C) groups is 1. The minimum atomic E-state index is 0. The Morgan fingerprint density at radius 2 is 1.82 bits per heavy atom. The summed E-state index contributed by atoms with van der Waals surface area (Å²) in [6.07, 6.45) is 5.38. The maximum absolute atomic E-state index is 5.58. The van der Waals surface area contributed by atoms with Gasteiger partial charge in [-0.25, -0.2) is 4.98 Å². The molecule has 1 heterocycles. The van der Waals surface area contributed by atoms with E-state index < -0.39 is 0 Å². The van der Waals surface area contributed by atoms with Crippen molar-refractivity contribution in [3.8, 4) is 11.5 Å². The van der Waals surface area contributed by atoms with Gasteiger partial charge in [0.2, 0.25) is 5.89 Å². The Hall–Kier alpha value is -2.35. The molecule has 6 heteroatoms. The van der Waals surface area contributed by atoms with Crippen LogP contribution in [0, 0.1) is 0 Å². The molecule has 0 amide bonds. The second-order valence-electron chi connectivity index (χ2n) is 6.75. The van der Waals surface area contributed by atoms with Gasteiger partial charge < -0.3 is 15.1 Å². The third kappa shape index (κ3) is 4.92. The van der Waals surface area contributed by atoms with Gasteiger partial charge in [-0.3, -0.25) is 4.99 Å². The number of guanidine groups is 1. The molecule has 1 aliphatic rings. The van der Waals surface area contributed by atoms with Crippen LogP contribution in [0.2, 0.25) is 0 Å². The number of oxazole rings is 1. The molecule has 0 saturated carbocycles. The van der Waals surface area contributed by atoms with Crippen molar-refractivity contribution >= 4 is 29.9 Å². The molecule has 1 aromatic heterocycles. The van der Waals surface area contributed by atoms with Crippen LogP contribution in [-0.4, -0.2) is 18.0 Å². The average Bonchev–Trinajstić information content (AvgIpc) is 3.38. The van der Waals surface area contributed by atoms with Crippen LogP contribution in [-0.2, 0) is 25.9 Å². The van der Waals surface area contributed by atoms with Gasteiger partial charge in [0.15, 0.2) is 5.96 Å². The first-order chi connectivity index (χ1) is 13.3. The first kappa shape index (κ1) is 20.4. The Morgan fingerprint density at radius 1 is 1.04 bits per heavy atom. The Bertz CT molecular complexity index is 937. The zero-order valence-electron chi connectivity index (χ0n) is 15.9. The summed E-state index contributed by atoms with van der Waals surface area (Å²) < 4.78 is 5.58. The van der Waals surface area contributed by atoms with Crippen LogP contribution in [0.4, 0.5) is 0 Å². The summed E-state index contributed by atoms with van der Waals surface area (Å²) in [5.74, 6) is 1.38. The lowest BCUT2D eigenvalue weighted by atomic mass is 10.1. The topological polar surface area (TPSA) is 62.5 Å². The maximum Gasteiger partial charge on any atom is 0.226 e. The number of nitrogens with one attached hydrogen (secondary N) is 2. The Morgan fingerprint density at radius 3 is 2.64 bits per heavy atom. The third-order valence-corrected chi connectivity index (χ3v) is 4.86. The minimum Gasteiger partial charge on any atom is -0.444 e. The zero-order valence-corrected chi connectivity index (χ0v) is 18.3. The molecule has 0 unspecified atom stereocenters.